The summed E-state index contributed by atoms with van der Waals surface area (Å²) in [6.45, 7) is 6.30. The number of nitrogens with one attached hydrogen (secondary N) is 2. The molecular formula is C16H27N7O2. The maximum absolute atomic E-state index is 12.4. The highest BCUT2D eigenvalue weighted by Crippen LogP contribution is 2.15. The summed E-state index contributed by atoms with van der Waals surface area (Å²) in [5.74, 6) is 0.669. The van der Waals surface area contributed by atoms with Crippen LogP contribution in [0.3, 0.4) is 0 Å². The fraction of sp³-hybridized carbons (Fsp3) is 0.625. The fourth-order valence-corrected chi connectivity index (χ4v) is 2.57. The lowest BCUT2D eigenvalue weighted by molar-refractivity contribution is -0.124. The van der Waals surface area contributed by atoms with E-state index in [1.807, 2.05) is 32.0 Å². The van der Waals surface area contributed by atoms with E-state index in [1.54, 1.807) is 22.8 Å². The van der Waals surface area contributed by atoms with Crippen LogP contribution >= 0.6 is 0 Å². The van der Waals surface area contributed by atoms with E-state index >= 15 is 0 Å². The molecule has 9 heteroatoms. The van der Waals surface area contributed by atoms with E-state index in [-0.39, 0.29) is 24.3 Å². The van der Waals surface area contributed by atoms with E-state index < -0.39 is 0 Å². The SMILES string of the molecule is CN=C(NCCNC(=O)C(C)C)N1CCN(c2cnn(C)c2)C(=O)C1. The first kappa shape index (κ1) is 18.8. The number of carbonyl (C=O) groups excluding carboxylic acids is 2. The summed E-state index contributed by atoms with van der Waals surface area (Å²) in [5, 5.41) is 10.1. The van der Waals surface area contributed by atoms with Gasteiger partial charge in [0.05, 0.1) is 11.9 Å². The van der Waals surface area contributed by atoms with Crippen LogP contribution < -0.4 is 15.5 Å². The lowest BCUT2D eigenvalue weighted by Crippen LogP contribution is -2.56. The highest BCUT2D eigenvalue weighted by molar-refractivity contribution is 5.98. The van der Waals surface area contributed by atoms with Crippen molar-refractivity contribution < 1.29 is 9.59 Å². The van der Waals surface area contributed by atoms with Gasteiger partial charge in [-0.1, -0.05) is 13.8 Å². The molecule has 2 rings (SSSR count). The van der Waals surface area contributed by atoms with Gasteiger partial charge in [0.25, 0.3) is 0 Å². The molecule has 0 radical (unpaired) electrons. The van der Waals surface area contributed by atoms with Gasteiger partial charge in [0.1, 0.15) is 6.54 Å². The highest BCUT2D eigenvalue weighted by atomic mass is 16.2. The quantitative estimate of drug-likeness (QED) is 0.421. The van der Waals surface area contributed by atoms with Crippen molar-refractivity contribution >= 4 is 23.5 Å². The Morgan fingerprint density at radius 1 is 1.32 bits per heavy atom. The Kier molecular flexibility index (Phi) is 6.37. The number of amides is 2. The molecule has 0 saturated carbocycles. The number of carbonyl (C=O) groups is 2. The summed E-state index contributed by atoms with van der Waals surface area (Å²) in [7, 11) is 3.51. The molecule has 2 amide bonds. The van der Waals surface area contributed by atoms with Crippen molar-refractivity contribution in [3.8, 4) is 0 Å². The minimum absolute atomic E-state index is 0.00955. The molecule has 138 valence electrons. The minimum atomic E-state index is -0.0301. The number of nitrogens with zero attached hydrogens (tertiary/aromatic N) is 5. The maximum Gasteiger partial charge on any atom is 0.246 e. The third-order valence-corrected chi connectivity index (χ3v) is 3.97. The van der Waals surface area contributed by atoms with Crippen molar-refractivity contribution in [3.63, 3.8) is 0 Å². The largest absolute Gasteiger partial charge is 0.354 e. The van der Waals surface area contributed by atoms with Gasteiger partial charge in [-0.05, 0) is 0 Å². The molecular weight excluding hydrogens is 322 g/mol. The van der Waals surface area contributed by atoms with Crippen LogP contribution in [0.15, 0.2) is 17.4 Å². The van der Waals surface area contributed by atoms with Gasteiger partial charge in [0.15, 0.2) is 5.96 Å². The van der Waals surface area contributed by atoms with E-state index in [9.17, 15) is 9.59 Å². The molecule has 1 aliphatic heterocycles. The van der Waals surface area contributed by atoms with Gasteiger partial charge in [-0.25, -0.2) is 0 Å². The van der Waals surface area contributed by atoms with E-state index in [4.69, 9.17) is 0 Å². The summed E-state index contributed by atoms with van der Waals surface area (Å²) < 4.78 is 1.68. The Bertz CT molecular complexity index is 638. The number of piperazine rings is 1. The first-order chi connectivity index (χ1) is 11.9. The van der Waals surface area contributed by atoms with Crippen molar-refractivity contribution in [1.82, 2.24) is 25.3 Å². The molecule has 0 unspecified atom stereocenters. The second-order valence-corrected chi connectivity index (χ2v) is 6.26. The predicted octanol–water partition coefficient (Wildman–Crippen LogP) is -0.584. The van der Waals surface area contributed by atoms with Crippen molar-refractivity contribution in [1.29, 1.82) is 0 Å². The van der Waals surface area contributed by atoms with Gasteiger partial charge in [-0.2, -0.15) is 5.10 Å². The van der Waals surface area contributed by atoms with Crippen LogP contribution in [0.5, 0.6) is 0 Å². The van der Waals surface area contributed by atoms with Crippen LogP contribution in [0.4, 0.5) is 5.69 Å². The number of rotatable bonds is 5. The summed E-state index contributed by atoms with van der Waals surface area (Å²) in [6.07, 6.45) is 3.52. The molecule has 1 fully saturated rings. The van der Waals surface area contributed by atoms with Crippen molar-refractivity contribution in [2.75, 3.05) is 44.7 Å². The number of anilines is 1. The second-order valence-electron chi connectivity index (χ2n) is 6.26. The third kappa shape index (κ3) is 4.94. The van der Waals surface area contributed by atoms with E-state index in [0.29, 0.717) is 32.1 Å². The van der Waals surface area contributed by atoms with Crippen LogP contribution in [0.2, 0.25) is 0 Å². The van der Waals surface area contributed by atoms with Gasteiger partial charge in [0.2, 0.25) is 11.8 Å². The standard InChI is InChI=1S/C16H27N7O2/c1-12(2)15(25)18-5-6-19-16(17-3)22-7-8-23(14(24)11-22)13-9-20-21(4)10-13/h9-10,12H,5-8,11H2,1-4H3,(H,17,19)(H,18,25). The van der Waals surface area contributed by atoms with Crippen LogP contribution in [-0.2, 0) is 16.6 Å². The molecule has 0 atom stereocenters. The molecule has 1 aromatic rings. The van der Waals surface area contributed by atoms with Crippen LogP contribution in [0.25, 0.3) is 0 Å². The molecule has 0 bridgehead atoms. The summed E-state index contributed by atoms with van der Waals surface area (Å²) in [6, 6.07) is 0. The molecule has 1 aromatic heterocycles. The molecule has 9 nitrogen and oxygen atoms in total. The van der Waals surface area contributed by atoms with Crippen molar-refractivity contribution in [3.05, 3.63) is 12.4 Å². The van der Waals surface area contributed by atoms with Gasteiger partial charge in [-0.3, -0.25) is 19.3 Å². The summed E-state index contributed by atoms with van der Waals surface area (Å²) in [5.41, 5.74) is 0.812. The minimum Gasteiger partial charge on any atom is -0.354 e. The zero-order valence-electron chi connectivity index (χ0n) is 15.3. The van der Waals surface area contributed by atoms with Crippen LogP contribution in [0.1, 0.15) is 13.8 Å². The molecule has 0 aromatic carbocycles. The number of hydrogen-bond donors (Lipinski definition) is 2. The number of hydrogen-bond acceptors (Lipinski definition) is 4. The monoisotopic (exact) mass is 349 g/mol. The lowest BCUT2D eigenvalue weighted by atomic mass is 10.2. The number of guanidine groups is 1. The van der Waals surface area contributed by atoms with Gasteiger partial charge in [-0.15, -0.1) is 0 Å². The van der Waals surface area contributed by atoms with E-state index in [1.165, 1.54) is 0 Å². The molecule has 2 heterocycles. The molecule has 0 spiro atoms. The second kappa shape index (κ2) is 8.50. The maximum atomic E-state index is 12.4. The van der Waals surface area contributed by atoms with Crippen LogP contribution in [-0.4, -0.2) is 72.2 Å². The lowest BCUT2D eigenvalue weighted by Gasteiger charge is -2.35. The Morgan fingerprint density at radius 3 is 2.60 bits per heavy atom. The van der Waals surface area contributed by atoms with Crippen LogP contribution in [0, 0.1) is 5.92 Å². The summed E-state index contributed by atoms with van der Waals surface area (Å²) in [4.78, 5) is 31.9. The first-order valence-electron chi connectivity index (χ1n) is 8.44. The molecule has 1 aliphatic rings. The zero-order chi connectivity index (χ0) is 18.4. The molecule has 1 saturated heterocycles. The Balaban J connectivity index is 1.82. The molecule has 25 heavy (non-hydrogen) atoms. The number of aliphatic imine (C=N–C) groups is 1. The first-order valence-corrected chi connectivity index (χ1v) is 8.44. The molecule has 2 N–H and O–H groups in total. The van der Waals surface area contributed by atoms with Gasteiger partial charge < -0.3 is 20.4 Å². The number of aryl methyl sites for hydroxylation is 1. The molecule has 0 aliphatic carbocycles. The zero-order valence-corrected chi connectivity index (χ0v) is 15.3. The Hall–Kier alpha value is -2.58. The highest BCUT2D eigenvalue weighted by Gasteiger charge is 2.27. The normalized spacial score (nSPS) is 15.7. The fourth-order valence-electron chi connectivity index (χ4n) is 2.57. The van der Waals surface area contributed by atoms with Gasteiger partial charge >= 0.3 is 0 Å². The van der Waals surface area contributed by atoms with E-state index in [2.05, 4.69) is 20.7 Å². The average molecular weight is 349 g/mol. The average Bonchev–Trinajstić information content (AvgIpc) is 3.00. The smallest absolute Gasteiger partial charge is 0.246 e. The third-order valence-electron chi connectivity index (χ3n) is 3.97. The van der Waals surface area contributed by atoms with E-state index in [0.717, 1.165) is 5.69 Å². The topological polar surface area (TPSA) is 94.9 Å². The van der Waals surface area contributed by atoms with Gasteiger partial charge in [0, 0.05) is 52.4 Å². The Labute approximate surface area is 148 Å². The predicted molar refractivity (Wildman–Crippen MR) is 96.3 cm³/mol. The Morgan fingerprint density at radius 2 is 2.04 bits per heavy atom. The van der Waals surface area contributed by atoms with Crippen molar-refractivity contribution in [2.45, 2.75) is 13.8 Å². The summed E-state index contributed by atoms with van der Waals surface area (Å²) >= 11 is 0. The van der Waals surface area contributed by atoms with Crippen molar-refractivity contribution in [2.24, 2.45) is 18.0 Å². The number of aromatic nitrogens is 2.